The lowest BCUT2D eigenvalue weighted by molar-refractivity contribution is 0.395. The Kier molecular flexibility index (Phi) is 2.32. The molecule has 1 rings (SSSR count). The van der Waals surface area contributed by atoms with Gasteiger partial charge in [-0.3, -0.25) is 0 Å². The Hall–Kier alpha value is -0.510. The average Bonchev–Trinajstić information content (AvgIpc) is 2.34. The Morgan fingerprint density at radius 1 is 1.40 bits per heavy atom. The number of rotatable bonds is 1. The van der Waals surface area contributed by atoms with Crippen molar-refractivity contribution in [2.24, 2.45) is 11.8 Å². The number of nitrogens with zero attached hydrogens (tertiary/aromatic N) is 1. The van der Waals surface area contributed by atoms with Gasteiger partial charge in [-0.2, -0.15) is 0 Å². The molecule has 0 saturated heterocycles. The molecule has 1 saturated carbocycles. The summed E-state index contributed by atoms with van der Waals surface area (Å²) in [5, 5.41) is 0. The Balaban J connectivity index is 2.37. The van der Waals surface area contributed by atoms with Gasteiger partial charge in [0, 0.05) is 12.8 Å². The largest absolute Gasteiger partial charge is 0.314 e. The minimum absolute atomic E-state index is 0.354. The van der Waals surface area contributed by atoms with Crippen LogP contribution >= 0.6 is 0 Å². The summed E-state index contributed by atoms with van der Waals surface area (Å²) in [5.41, 5.74) is 0. The van der Waals surface area contributed by atoms with Crippen molar-refractivity contribution in [3.8, 4) is 0 Å². The van der Waals surface area contributed by atoms with E-state index in [1.807, 2.05) is 0 Å². The molecule has 0 bridgehead atoms. The van der Waals surface area contributed by atoms with Crippen LogP contribution < -0.4 is 0 Å². The van der Waals surface area contributed by atoms with Gasteiger partial charge in [-0.05, 0) is 18.3 Å². The highest BCUT2D eigenvalue weighted by Gasteiger charge is 2.29. The fourth-order valence-corrected chi connectivity index (χ4v) is 1.71. The Morgan fingerprint density at radius 3 is 2.40 bits per heavy atom. The van der Waals surface area contributed by atoms with Crippen molar-refractivity contribution < 1.29 is 0 Å². The van der Waals surface area contributed by atoms with E-state index >= 15 is 0 Å². The topological polar surface area (TPSA) is 4.36 Å². The lowest BCUT2D eigenvalue weighted by atomic mass is 9.94. The fraction of sp³-hybridized carbons (Fsp3) is 0.889. The molecule has 0 aromatic carbocycles. The smallest absolute Gasteiger partial charge is 0.224 e. The van der Waals surface area contributed by atoms with Crippen LogP contribution in [0.2, 0.25) is 0 Å². The van der Waals surface area contributed by atoms with E-state index in [9.17, 15) is 0 Å². The zero-order valence-electron chi connectivity index (χ0n) is 6.80. The first-order chi connectivity index (χ1) is 4.74. The van der Waals surface area contributed by atoms with E-state index in [2.05, 4.69) is 18.7 Å². The second-order valence-corrected chi connectivity index (χ2v) is 3.60. The van der Waals surface area contributed by atoms with Crippen LogP contribution in [0.1, 0.15) is 33.1 Å². The molecule has 0 heterocycles. The fourth-order valence-electron chi connectivity index (χ4n) is 1.71. The van der Waals surface area contributed by atoms with Crippen LogP contribution in [-0.2, 0) is 0 Å². The molecule has 0 aliphatic heterocycles. The molecule has 0 radical (unpaired) electrons. The van der Waals surface area contributed by atoms with Crippen LogP contribution in [0.3, 0.4) is 0 Å². The second-order valence-electron chi connectivity index (χ2n) is 3.60. The van der Waals surface area contributed by atoms with E-state index in [-0.39, 0.29) is 0 Å². The molecule has 0 spiro atoms. The summed E-state index contributed by atoms with van der Waals surface area (Å²) in [4.78, 5) is 3.57. The molecule has 2 atom stereocenters. The maximum atomic E-state index is 6.86. The minimum Gasteiger partial charge on any atom is -0.314 e. The van der Waals surface area contributed by atoms with E-state index in [1.165, 1.54) is 6.42 Å². The Labute approximate surface area is 63.3 Å². The molecule has 0 N–H and O–H groups in total. The lowest BCUT2D eigenvalue weighted by Gasteiger charge is -2.10. The summed E-state index contributed by atoms with van der Waals surface area (Å²) in [6.07, 6.45) is 3.58. The van der Waals surface area contributed by atoms with Gasteiger partial charge in [0.15, 0.2) is 0 Å². The van der Waals surface area contributed by atoms with Crippen molar-refractivity contribution in [3.05, 3.63) is 11.4 Å². The van der Waals surface area contributed by atoms with Crippen LogP contribution in [0, 0.1) is 18.4 Å². The number of hydrogen-bond donors (Lipinski definition) is 0. The highest BCUT2D eigenvalue weighted by molar-refractivity contribution is 4.88. The van der Waals surface area contributed by atoms with Crippen LogP contribution in [0.5, 0.6) is 0 Å². The molecule has 0 unspecified atom stereocenters. The monoisotopic (exact) mass is 137 g/mol. The highest BCUT2D eigenvalue weighted by Crippen LogP contribution is 2.32. The van der Waals surface area contributed by atoms with Crippen LogP contribution in [-0.4, -0.2) is 6.04 Å². The van der Waals surface area contributed by atoms with Crippen molar-refractivity contribution >= 4 is 0 Å². The molecule has 1 aliphatic rings. The van der Waals surface area contributed by atoms with Crippen molar-refractivity contribution in [2.45, 2.75) is 39.2 Å². The molecular weight excluding hydrogens is 122 g/mol. The van der Waals surface area contributed by atoms with Gasteiger partial charge in [0.05, 0.1) is 0 Å². The van der Waals surface area contributed by atoms with Gasteiger partial charge in [-0.25, -0.2) is 6.57 Å². The molecule has 0 aromatic rings. The molecule has 0 amide bonds. The SMILES string of the molecule is [C-]#[N+][C@@H]1CC[C@H](C(C)C)C1. The van der Waals surface area contributed by atoms with Crippen molar-refractivity contribution in [3.63, 3.8) is 0 Å². The van der Waals surface area contributed by atoms with Crippen molar-refractivity contribution in [2.75, 3.05) is 0 Å². The maximum Gasteiger partial charge on any atom is 0.224 e. The van der Waals surface area contributed by atoms with Gasteiger partial charge in [-0.15, -0.1) is 0 Å². The van der Waals surface area contributed by atoms with Gasteiger partial charge in [0.25, 0.3) is 0 Å². The maximum absolute atomic E-state index is 6.86. The van der Waals surface area contributed by atoms with Crippen molar-refractivity contribution in [1.29, 1.82) is 0 Å². The second kappa shape index (κ2) is 3.05. The Bertz CT molecular complexity index is 143. The third kappa shape index (κ3) is 1.50. The number of hydrogen-bond acceptors (Lipinski definition) is 0. The first-order valence-corrected chi connectivity index (χ1v) is 4.10. The summed E-state index contributed by atoms with van der Waals surface area (Å²) < 4.78 is 0. The summed E-state index contributed by atoms with van der Waals surface area (Å²) in [6, 6.07) is 0.354. The standard InChI is InChI=1S/C9H15N/c1-7(2)8-4-5-9(6-8)10-3/h7-9H,4-6H2,1-2H3/t8-,9+/m0/s1. The Morgan fingerprint density at radius 2 is 2.10 bits per heavy atom. The van der Waals surface area contributed by atoms with Gasteiger partial charge in [-0.1, -0.05) is 13.8 Å². The predicted molar refractivity (Wildman–Crippen MR) is 42.6 cm³/mol. The van der Waals surface area contributed by atoms with Gasteiger partial charge in [0.1, 0.15) is 0 Å². The van der Waals surface area contributed by atoms with E-state index in [0.717, 1.165) is 24.7 Å². The summed E-state index contributed by atoms with van der Waals surface area (Å²) in [6.45, 7) is 11.4. The first-order valence-electron chi connectivity index (χ1n) is 4.10. The van der Waals surface area contributed by atoms with Gasteiger partial charge in [0.2, 0.25) is 6.04 Å². The molecule has 10 heavy (non-hydrogen) atoms. The summed E-state index contributed by atoms with van der Waals surface area (Å²) >= 11 is 0. The van der Waals surface area contributed by atoms with Crippen molar-refractivity contribution in [1.82, 2.24) is 0 Å². The normalized spacial score (nSPS) is 32.6. The van der Waals surface area contributed by atoms with Gasteiger partial charge < -0.3 is 4.85 Å². The first kappa shape index (κ1) is 7.60. The molecule has 1 aliphatic carbocycles. The molecular formula is C9H15N. The zero-order chi connectivity index (χ0) is 7.56. The van der Waals surface area contributed by atoms with E-state index in [1.54, 1.807) is 0 Å². The molecule has 1 heteroatoms. The molecule has 56 valence electrons. The summed E-state index contributed by atoms with van der Waals surface area (Å²) in [5.74, 6) is 1.62. The highest BCUT2D eigenvalue weighted by atomic mass is 14.7. The molecule has 1 fully saturated rings. The minimum atomic E-state index is 0.354. The summed E-state index contributed by atoms with van der Waals surface area (Å²) in [7, 11) is 0. The van der Waals surface area contributed by atoms with E-state index < -0.39 is 0 Å². The van der Waals surface area contributed by atoms with Gasteiger partial charge >= 0.3 is 0 Å². The van der Waals surface area contributed by atoms with E-state index in [0.29, 0.717) is 6.04 Å². The third-order valence-corrected chi connectivity index (χ3v) is 2.57. The average molecular weight is 137 g/mol. The zero-order valence-corrected chi connectivity index (χ0v) is 6.80. The quantitative estimate of drug-likeness (QED) is 0.489. The van der Waals surface area contributed by atoms with Crippen LogP contribution in [0.25, 0.3) is 4.85 Å². The van der Waals surface area contributed by atoms with E-state index in [4.69, 9.17) is 6.57 Å². The molecule has 0 aromatic heterocycles. The third-order valence-electron chi connectivity index (χ3n) is 2.57. The van der Waals surface area contributed by atoms with Crippen LogP contribution in [0.4, 0.5) is 0 Å². The van der Waals surface area contributed by atoms with Crippen LogP contribution in [0.15, 0.2) is 0 Å². The molecule has 1 nitrogen and oxygen atoms in total. The lowest BCUT2D eigenvalue weighted by Crippen LogP contribution is -2.04. The predicted octanol–water partition coefficient (Wildman–Crippen LogP) is 2.73.